The molecule has 1 aliphatic heterocycles. The fraction of sp³-hybridized carbons (Fsp3) is 0.533. The number of carbonyl (C=O) groups excluding carboxylic acids is 1. The van der Waals surface area contributed by atoms with Gasteiger partial charge in [0, 0.05) is 11.6 Å². The molecular weight excluding hydrogens is 276 g/mol. The molecule has 0 aromatic heterocycles. The van der Waals surface area contributed by atoms with Crippen molar-refractivity contribution in [2.24, 2.45) is 0 Å². The van der Waals surface area contributed by atoms with Gasteiger partial charge in [-0.05, 0) is 38.5 Å². The maximum atomic E-state index is 12.3. The zero-order chi connectivity index (χ0) is 14.7. The van der Waals surface area contributed by atoms with Crippen molar-refractivity contribution in [1.29, 1.82) is 0 Å². The summed E-state index contributed by atoms with van der Waals surface area (Å²) in [6.45, 7) is 7.05. The van der Waals surface area contributed by atoms with Crippen LogP contribution in [0.25, 0.3) is 0 Å². The first-order chi connectivity index (χ1) is 9.54. The average molecular weight is 297 g/mol. The number of nitrogens with zero attached hydrogens (tertiary/aromatic N) is 1. The highest BCUT2D eigenvalue weighted by Crippen LogP contribution is 2.28. The smallest absolute Gasteiger partial charge is 0.241 e. The molecule has 1 heterocycles. The lowest BCUT2D eigenvalue weighted by atomic mass is 10.1. The summed E-state index contributed by atoms with van der Waals surface area (Å²) >= 11 is 5.92. The minimum absolute atomic E-state index is 0.0283. The Morgan fingerprint density at radius 1 is 1.40 bits per heavy atom. The van der Waals surface area contributed by atoms with Crippen molar-refractivity contribution in [1.82, 2.24) is 10.2 Å². The fourth-order valence-corrected chi connectivity index (χ4v) is 2.61. The van der Waals surface area contributed by atoms with Crippen molar-refractivity contribution in [2.45, 2.75) is 39.0 Å². The van der Waals surface area contributed by atoms with Crippen LogP contribution in [0.2, 0.25) is 5.02 Å². The largest absolute Gasteiger partial charge is 0.380 e. The fourth-order valence-electron chi connectivity index (χ4n) is 2.48. The maximum Gasteiger partial charge on any atom is 0.241 e. The monoisotopic (exact) mass is 296 g/mol. The van der Waals surface area contributed by atoms with Crippen LogP contribution in [0.1, 0.15) is 32.5 Å². The minimum atomic E-state index is -0.181. The lowest BCUT2D eigenvalue weighted by Crippen LogP contribution is -2.41. The van der Waals surface area contributed by atoms with Crippen molar-refractivity contribution in [3.63, 3.8) is 0 Å². The van der Waals surface area contributed by atoms with Crippen molar-refractivity contribution >= 4 is 17.5 Å². The molecule has 1 aromatic carbocycles. The molecule has 0 spiro atoms. The molecule has 0 saturated carbocycles. The first-order valence-electron chi connectivity index (χ1n) is 6.96. The molecule has 0 aliphatic carbocycles. The van der Waals surface area contributed by atoms with E-state index in [1.165, 1.54) is 0 Å². The van der Waals surface area contributed by atoms with Crippen molar-refractivity contribution in [3.8, 4) is 0 Å². The number of rotatable bonds is 5. The molecule has 20 heavy (non-hydrogen) atoms. The van der Waals surface area contributed by atoms with Gasteiger partial charge in [0.05, 0.1) is 18.7 Å². The number of hydrogen-bond donors (Lipinski definition) is 1. The summed E-state index contributed by atoms with van der Waals surface area (Å²) in [4.78, 5) is 14.2. The Bertz CT molecular complexity index is 463. The SMILES string of the molecule is CCOCC(C)N1C(=O)C(C)NC1c1ccc(Cl)cc1. The van der Waals surface area contributed by atoms with Gasteiger partial charge in [0.15, 0.2) is 0 Å². The summed E-state index contributed by atoms with van der Waals surface area (Å²) < 4.78 is 5.45. The summed E-state index contributed by atoms with van der Waals surface area (Å²) in [5.74, 6) is 0.108. The maximum absolute atomic E-state index is 12.3. The number of nitrogens with one attached hydrogen (secondary N) is 1. The number of carbonyl (C=O) groups is 1. The molecule has 1 aromatic rings. The first-order valence-corrected chi connectivity index (χ1v) is 7.33. The molecule has 5 heteroatoms. The normalized spacial score (nSPS) is 24.2. The Balaban J connectivity index is 2.21. The number of halogens is 1. The van der Waals surface area contributed by atoms with Crippen molar-refractivity contribution in [2.75, 3.05) is 13.2 Å². The van der Waals surface area contributed by atoms with E-state index in [0.717, 1.165) is 5.56 Å². The summed E-state index contributed by atoms with van der Waals surface area (Å²) in [5.41, 5.74) is 1.04. The van der Waals surface area contributed by atoms with Gasteiger partial charge in [-0.3, -0.25) is 10.1 Å². The van der Waals surface area contributed by atoms with Crippen LogP contribution >= 0.6 is 11.6 Å². The summed E-state index contributed by atoms with van der Waals surface area (Å²) in [6, 6.07) is 7.44. The Labute approximate surface area is 125 Å². The lowest BCUT2D eigenvalue weighted by molar-refractivity contribution is -0.133. The molecule has 4 nitrogen and oxygen atoms in total. The van der Waals surface area contributed by atoms with Crippen LogP contribution in [0, 0.1) is 0 Å². The summed E-state index contributed by atoms with van der Waals surface area (Å²) in [6.07, 6.45) is -0.120. The first kappa shape index (κ1) is 15.3. The zero-order valence-corrected chi connectivity index (χ0v) is 12.9. The van der Waals surface area contributed by atoms with Crippen molar-refractivity contribution < 1.29 is 9.53 Å². The van der Waals surface area contributed by atoms with E-state index in [0.29, 0.717) is 18.2 Å². The molecule has 3 atom stereocenters. The molecule has 1 fully saturated rings. The van der Waals surface area contributed by atoms with E-state index in [1.54, 1.807) is 0 Å². The molecule has 0 radical (unpaired) electrons. The molecular formula is C15H21ClN2O2. The zero-order valence-electron chi connectivity index (χ0n) is 12.1. The van der Waals surface area contributed by atoms with Crippen LogP contribution in [-0.2, 0) is 9.53 Å². The van der Waals surface area contributed by atoms with Gasteiger partial charge in [0.2, 0.25) is 5.91 Å². The number of ether oxygens (including phenoxy) is 1. The molecule has 1 saturated heterocycles. The van der Waals surface area contributed by atoms with Gasteiger partial charge in [0.25, 0.3) is 0 Å². The van der Waals surface area contributed by atoms with E-state index in [2.05, 4.69) is 5.32 Å². The minimum Gasteiger partial charge on any atom is -0.380 e. The van der Waals surface area contributed by atoms with Gasteiger partial charge >= 0.3 is 0 Å². The molecule has 1 amide bonds. The van der Waals surface area contributed by atoms with E-state index in [9.17, 15) is 4.79 Å². The highest BCUT2D eigenvalue weighted by Gasteiger charge is 2.39. The van der Waals surface area contributed by atoms with E-state index in [-0.39, 0.29) is 24.2 Å². The third-order valence-corrected chi connectivity index (χ3v) is 3.79. The molecule has 2 rings (SSSR count). The van der Waals surface area contributed by atoms with Crippen LogP contribution in [0.15, 0.2) is 24.3 Å². The Kier molecular flexibility index (Phi) is 5.02. The standard InChI is InChI=1S/C15H21ClN2O2/c1-4-20-9-10(2)18-14(17-11(3)15(18)19)12-5-7-13(16)8-6-12/h5-8,10-11,14,17H,4,9H2,1-3H3. The quantitative estimate of drug-likeness (QED) is 0.908. The highest BCUT2D eigenvalue weighted by molar-refractivity contribution is 6.30. The summed E-state index contributed by atoms with van der Waals surface area (Å²) in [7, 11) is 0. The predicted molar refractivity (Wildman–Crippen MR) is 79.6 cm³/mol. The van der Waals surface area contributed by atoms with Crippen LogP contribution in [-0.4, -0.2) is 36.1 Å². The van der Waals surface area contributed by atoms with Crippen LogP contribution in [0.5, 0.6) is 0 Å². The van der Waals surface area contributed by atoms with Gasteiger partial charge < -0.3 is 9.64 Å². The third-order valence-electron chi connectivity index (χ3n) is 3.53. The topological polar surface area (TPSA) is 41.6 Å². The molecule has 3 unspecified atom stereocenters. The van der Waals surface area contributed by atoms with E-state index in [4.69, 9.17) is 16.3 Å². The Hall–Kier alpha value is -1.10. The predicted octanol–water partition coefficient (Wildman–Crippen LogP) is 2.58. The van der Waals surface area contributed by atoms with Gasteiger partial charge in [-0.2, -0.15) is 0 Å². The third kappa shape index (κ3) is 3.14. The van der Waals surface area contributed by atoms with E-state index in [1.807, 2.05) is 49.9 Å². The van der Waals surface area contributed by atoms with Crippen LogP contribution < -0.4 is 5.32 Å². The Morgan fingerprint density at radius 2 is 2.05 bits per heavy atom. The number of benzene rings is 1. The average Bonchev–Trinajstić information content (AvgIpc) is 2.73. The van der Waals surface area contributed by atoms with Gasteiger partial charge in [-0.1, -0.05) is 23.7 Å². The van der Waals surface area contributed by atoms with Crippen LogP contribution in [0.4, 0.5) is 0 Å². The second-order valence-corrected chi connectivity index (χ2v) is 5.53. The lowest BCUT2D eigenvalue weighted by Gasteiger charge is -2.30. The highest BCUT2D eigenvalue weighted by atomic mass is 35.5. The van der Waals surface area contributed by atoms with Crippen LogP contribution in [0.3, 0.4) is 0 Å². The molecule has 110 valence electrons. The number of hydrogen-bond acceptors (Lipinski definition) is 3. The van der Waals surface area contributed by atoms with Gasteiger partial charge in [0.1, 0.15) is 6.17 Å². The second-order valence-electron chi connectivity index (χ2n) is 5.10. The van der Waals surface area contributed by atoms with Crippen molar-refractivity contribution in [3.05, 3.63) is 34.9 Å². The van der Waals surface area contributed by atoms with Gasteiger partial charge in [-0.15, -0.1) is 0 Å². The Morgan fingerprint density at radius 3 is 2.65 bits per heavy atom. The van der Waals surface area contributed by atoms with Gasteiger partial charge in [-0.25, -0.2) is 0 Å². The molecule has 0 bridgehead atoms. The number of amides is 1. The second kappa shape index (κ2) is 6.57. The molecule has 1 N–H and O–H groups in total. The molecule has 1 aliphatic rings. The van der Waals surface area contributed by atoms with E-state index >= 15 is 0 Å². The summed E-state index contributed by atoms with van der Waals surface area (Å²) in [5, 5.41) is 4.02. The van der Waals surface area contributed by atoms with E-state index < -0.39 is 0 Å².